The van der Waals surface area contributed by atoms with Gasteiger partial charge in [0, 0.05) is 36.7 Å². The summed E-state index contributed by atoms with van der Waals surface area (Å²) in [7, 11) is 0. The third-order valence-electron chi connectivity index (χ3n) is 4.54. The van der Waals surface area contributed by atoms with Crippen LogP contribution in [0.4, 0.5) is 4.79 Å². The Bertz CT molecular complexity index is 766. The summed E-state index contributed by atoms with van der Waals surface area (Å²) in [4.78, 5) is 26.5. The fourth-order valence-corrected chi connectivity index (χ4v) is 3.23. The minimum absolute atomic E-state index is 0.164. The smallest absolute Gasteiger partial charge is 0.315 e. The molecular weight excluding hydrogens is 318 g/mol. The standard InChI is InChI=1S/C19H25N3O3/c23-18-12-14(16-8-1-2-9-17(16)22-18)13-21-19(24)20-10-5-7-15-6-3-4-11-25-15/h1-2,8-9,12,15H,3-7,10-11,13H2,(H,22,23)(H2,20,21,24). The minimum atomic E-state index is -0.214. The van der Waals surface area contributed by atoms with Crippen molar-refractivity contribution >= 4 is 16.9 Å². The number of pyridine rings is 1. The molecule has 3 rings (SSSR count). The number of para-hydroxylation sites is 1. The number of rotatable bonds is 6. The molecule has 6 heteroatoms. The molecule has 1 unspecified atom stereocenters. The van der Waals surface area contributed by atoms with Crippen LogP contribution in [0.25, 0.3) is 10.9 Å². The van der Waals surface area contributed by atoms with Crippen LogP contribution in [0.15, 0.2) is 35.1 Å². The van der Waals surface area contributed by atoms with Crippen molar-refractivity contribution in [1.29, 1.82) is 0 Å². The van der Waals surface area contributed by atoms with E-state index in [9.17, 15) is 9.59 Å². The number of hydrogen-bond donors (Lipinski definition) is 3. The van der Waals surface area contributed by atoms with Gasteiger partial charge in [0.2, 0.25) is 5.56 Å². The monoisotopic (exact) mass is 343 g/mol. The van der Waals surface area contributed by atoms with Crippen molar-refractivity contribution in [2.75, 3.05) is 13.2 Å². The molecule has 0 bridgehead atoms. The van der Waals surface area contributed by atoms with Crippen LogP contribution in [0, 0.1) is 0 Å². The predicted octanol–water partition coefficient (Wildman–Crippen LogP) is 2.68. The predicted molar refractivity (Wildman–Crippen MR) is 97.6 cm³/mol. The lowest BCUT2D eigenvalue weighted by Gasteiger charge is -2.22. The summed E-state index contributed by atoms with van der Waals surface area (Å²) in [6.45, 7) is 1.81. The van der Waals surface area contributed by atoms with Gasteiger partial charge in [-0.2, -0.15) is 0 Å². The molecule has 1 saturated heterocycles. The summed E-state index contributed by atoms with van der Waals surface area (Å²) in [6, 6.07) is 8.89. The molecular formula is C19H25N3O3. The highest BCUT2D eigenvalue weighted by atomic mass is 16.5. The zero-order valence-corrected chi connectivity index (χ0v) is 14.3. The van der Waals surface area contributed by atoms with Gasteiger partial charge in [-0.1, -0.05) is 18.2 Å². The Morgan fingerprint density at radius 1 is 1.24 bits per heavy atom. The molecule has 25 heavy (non-hydrogen) atoms. The normalized spacial score (nSPS) is 17.4. The van der Waals surface area contributed by atoms with Crippen LogP contribution < -0.4 is 16.2 Å². The molecule has 134 valence electrons. The van der Waals surface area contributed by atoms with Gasteiger partial charge >= 0.3 is 6.03 Å². The number of nitrogens with one attached hydrogen (secondary N) is 3. The van der Waals surface area contributed by atoms with Crippen LogP contribution in [0.2, 0.25) is 0 Å². The second-order valence-electron chi connectivity index (χ2n) is 6.44. The van der Waals surface area contributed by atoms with Crippen molar-refractivity contribution in [1.82, 2.24) is 15.6 Å². The Hall–Kier alpha value is -2.34. The van der Waals surface area contributed by atoms with Crippen molar-refractivity contribution in [3.05, 3.63) is 46.2 Å². The zero-order chi connectivity index (χ0) is 17.5. The molecule has 1 aliphatic heterocycles. The van der Waals surface area contributed by atoms with Crippen molar-refractivity contribution in [2.24, 2.45) is 0 Å². The average molecular weight is 343 g/mol. The third kappa shape index (κ3) is 5.06. The molecule has 1 aromatic carbocycles. The number of ether oxygens (including phenoxy) is 1. The SMILES string of the molecule is O=C(NCCCC1CCCCO1)NCc1cc(=O)[nH]c2ccccc12. The van der Waals surface area contributed by atoms with E-state index >= 15 is 0 Å². The van der Waals surface area contributed by atoms with Gasteiger partial charge in [-0.05, 0) is 43.7 Å². The van der Waals surface area contributed by atoms with Crippen LogP contribution in [-0.4, -0.2) is 30.3 Å². The first-order valence-corrected chi connectivity index (χ1v) is 8.96. The molecule has 0 radical (unpaired) electrons. The lowest BCUT2D eigenvalue weighted by molar-refractivity contribution is 0.0103. The largest absolute Gasteiger partial charge is 0.378 e. The van der Waals surface area contributed by atoms with E-state index in [2.05, 4.69) is 15.6 Å². The minimum Gasteiger partial charge on any atom is -0.378 e. The number of H-pyrrole nitrogens is 1. The summed E-state index contributed by atoms with van der Waals surface area (Å²) >= 11 is 0. The fraction of sp³-hybridized carbons (Fsp3) is 0.474. The van der Waals surface area contributed by atoms with Crippen molar-refractivity contribution in [3.63, 3.8) is 0 Å². The quantitative estimate of drug-likeness (QED) is 0.705. The molecule has 6 nitrogen and oxygen atoms in total. The van der Waals surface area contributed by atoms with E-state index in [1.54, 1.807) is 0 Å². The first-order chi connectivity index (χ1) is 12.2. The number of carbonyl (C=O) groups excluding carboxylic acids is 1. The number of amides is 2. The second-order valence-corrected chi connectivity index (χ2v) is 6.44. The number of carbonyl (C=O) groups is 1. The van der Waals surface area contributed by atoms with Gasteiger partial charge in [0.1, 0.15) is 0 Å². The van der Waals surface area contributed by atoms with Crippen LogP contribution >= 0.6 is 0 Å². The van der Waals surface area contributed by atoms with Crippen LogP contribution in [0.3, 0.4) is 0 Å². The maximum atomic E-state index is 11.9. The Balaban J connectivity index is 1.44. The van der Waals surface area contributed by atoms with E-state index < -0.39 is 0 Å². The van der Waals surface area contributed by atoms with Gasteiger partial charge in [0.05, 0.1) is 6.10 Å². The number of benzene rings is 1. The fourth-order valence-electron chi connectivity index (χ4n) is 3.23. The first kappa shape index (κ1) is 17.5. The van der Waals surface area contributed by atoms with Crippen molar-refractivity contribution < 1.29 is 9.53 Å². The van der Waals surface area contributed by atoms with Gasteiger partial charge in [-0.15, -0.1) is 0 Å². The Morgan fingerprint density at radius 3 is 2.96 bits per heavy atom. The van der Waals surface area contributed by atoms with Crippen molar-refractivity contribution in [2.45, 2.75) is 44.8 Å². The Morgan fingerprint density at radius 2 is 2.12 bits per heavy atom. The molecule has 2 heterocycles. The first-order valence-electron chi connectivity index (χ1n) is 8.96. The van der Waals surface area contributed by atoms with Gasteiger partial charge in [-0.3, -0.25) is 4.79 Å². The highest BCUT2D eigenvalue weighted by molar-refractivity contribution is 5.82. The molecule has 0 spiro atoms. The molecule has 1 fully saturated rings. The van der Waals surface area contributed by atoms with Gasteiger partial charge in [0.25, 0.3) is 0 Å². The third-order valence-corrected chi connectivity index (χ3v) is 4.54. The topological polar surface area (TPSA) is 83.2 Å². The maximum Gasteiger partial charge on any atom is 0.315 e. The highest BCUT2D eigenvalue weighted by Crippen LogP contribution is 2.16. The molecule has 0 saturated carbocycles. The summed E-state index contributed by atoms with van der Waals surface area (Å²) in [5.74, 6) is 0. The summed E-state index contributed by atoms with van der Waals surface area (Å²) in [6.07, 6.45) is 5.77. The van der Waals surface area contributed by atoms with Crippen molar-refractivity contribution in [3.8, 4) is 0 Å². The lowest BCUT2D eigenvalue weighted by atomic mass is 10.0. The highest BCUT2D eigenvalue weighted by Gasteiger charge is 2.13. The zero-order valence-electron chi connectivity index (χ0n) is 14.3. The molecule has 0 aliphatic carbocycles. The van der Waals surface area contributed by atoms with Crippen LogP contribution in [-0.2, 0) is 11.3 Å². The molecule has 1 aromatic heterocycles. The number of aromatic amines is 1. The van der Waals surface area contributed by atoms with E-state index in [-0.39, 0.29) is 11.6 Å². The molecule has 3 N–H and O–H groups in total. The maximum absolute atomic E-state index is 11.9. The van der Waals surface area contributed by atoms with E-state index in [4.69, 9.17) is 4.74 Å². The average Bonchev–Trinajstić information content (AvgIpc) is 2.64. The van der Waals surface area contributed by atoms with E-state index in [1.807, 2.05) is 24.3 Å². The number of hydrogen-bond acceptors (Lipinski definition) is 3. The summed E-state index contributed by atoms with van der Waals surface area (Å²) in [5, 5.41) is 6.63. The lowest BCUT2D eigenvalue weighted by Crippen LogP contribution is -2.36. The second kappa shape index (κ2) is 8.67. The van der Waals surface area contributed by atoms with Gasteiger partial charge in [-0.25, -0.2) is 4.79 Å². The Kier molecular flexibility index (Phi) is 6.06. The number of fused-ring (bicyclic) bond motifs is 1. The summed E-state index contributed by atoms with van der Waals surface area (Å²) < 4.78 is 5.68. The van der Waals surface area contributed by atoms with Gasteiger partial charge in [0.15, 0.2) is 0 Å². The van der Waals surface area contributed by atoms with Crippen LogP contribution in [0.5, 0.6) is 0 Å². The van der Waals surface area contributed by atoms with Crippen LogP contribution in [0.1, 0.15) is 37.7 Å². The van der Waals surface area contributed by atoms with Gasteiger partial charge < -0.3 is 20.4 Å². The van der Waals surface area contributed by atoms with E-state index in [1.165, 1.54) is 12.5 Å². The summed E-state index contributed by atoms with van der Waals surface area (Å²) in [5.41, 5.74) is 1.42. The molecule has 2 aromatic rings. The number of urea groups is 1. The van der Waals surface area contributed by atoms with E-state index in [0.717, 1.165) is 48.8 Å². The number of aromatic nitrogens is 1. The Labute approximate surface area is 147 Å². The molecule has 2 amide bonds. The molecule has 1 atom stereocenters. The van der Waals surface area contributed by atoms with E-state index in [0.29, 0.717) is 19.2 Å². The molecule has 1 aliphatic rings.